The summed E-state index contributed by atoms with van der Waals surface area (Å²) >= 11 is 1.63. The van der Waals surface area contributed by atoms with Gasteiger partial charge in [-0.2, -0.15) is 0 Å². The van der Waals surface area contributed by atoms with E-state index in [1.807, 2.05) is 17.5 Å². The Balaban J connectivity index is 2.05. The van der Waals surface area contributed by atoms with Crippen molar-refractivity contribution < 1.29 is 14.8 Å². The van der Waals surface area contributed by atoms with E-state index in [0.717, 1.165) is 18.6 Å². The number of carbonyl (C=O) groups excluding carboxylic acids is 1. The van der Waals surface area contributed by atoms with Crippen LogP contribution in [0.25, 0.3) is 0 Å². The molecule has 21 heavy (non-hydrogen) atoms. The van der Waals surface area contributed by atoms with E-state index >= 15 is 0 Å². The highest BCUT2D eigenvalue weighted by Crippen LogP contribution is 2.26. The van der Waals surface area contributed by atoms with Crippen LogP contribution in [0.3, 0.4) is 0 Å². The molecule has 0 aliphatic rings. The molecule has 0 unspecified atom stereocenters. The quantitative estimate of drug-likeness (QED) is 0.680. The van der Waals surface area contributed by atoms with E-state index in [0.29, 0.717) is 6.54 Å². The zero-order chi connectivity index (χ0) is 15.4. The minimum Gasteiger partial charge on any atom is -0.502 e. The first-order chi connectivity index (χ1) is 9.99. The summed E-state index contributed by atoms with van der Waals surface area (Å²) in [5.41, 5.74) is -0.181. The molecule has 2 rings (SSSR count). The maximum atomic E-state index is 12.2. The van der Waals surface area contributed by atoms with E-state index in [9.17, 15) is 20.0 Å². The largest absolute Gasteiger partial charge is 0.502 e. The molecule has 1 amide bonds. The number of benzene rings is 1. The van der Waals surface area contributed by atoms with E-state index < -0.39 is 16.4 Å². The van der Waals surface area contributed by atoms with Gasteiger partial charge in [-0.3, -0.25) is 14.9 Å². The third-order valence-electron chi connectivity index (χ3n) is 3.04. The van der Waals surface area contributed by atoms with E-state index in [1.54, 1.807) is 18.4 Å². The fraction of sp³-hybridized carbons (Fsp3) is 0.214. The van der Waals surface area contributed by atoms with Gasteiger partial charge in [0.25, 0.3) is 5.91 Å². The Morgan fingerprint density at radius 2 is 2.19 bits per heavy atom. The summed E-state index contributed by atoms with van der Waals surface area (Å²) in [5.74, 6) is -0.783. The molecule has 1 N–H and O–H groups in total. The lowest BCUT2D eigenvalue weighted by atomic mass is 10.1. The highest BCUT2D eigenvalue weighted by molar-refractivity contribution is 7.09. The van der Waals surface area contributed by atoms with Crippen LogP contribution in [0.4, 0.5) is 5.69 Å². The first-order valence-electron chi connectivity index (χ1n) is 6.24. The molecule has 0 radical (unpaired) electrons. The van der Waals surface area contributed by atoms with Crippen LogP contribution in [0.1, 0.15) is 15.2 Å². The maximum absolute atomic E-state index is 12.2. The van der Waals surface area contributed by atoms with Crippen LogP contribution >= 0.6 is 11.3 Å². The molecule has 0 saturated carbocycles. The van der Waals surface area contributed by atoms with Crippen molar-refractivity contribution >= 4 is 22.9 Å². The molecule has 1 aromatic carbocycles. The Morgan fingerprint density at radius 3 is 2.76 bits per heavy atom. The summed E-state index contributed by atoms with van der Waals surface area (Å²) < 4.78 is 0. The summed E-state index contributed by atoms with van der Waals surface area (Å²) in [6.45, 7) is 0.539. The number of nitrogens with zero attached hydrogens (tertiary/aromatic N) is 2. The SMILES string of the molecule is CN(CCc1cccs1)C(=O)c1ccc([N+](=O)[O-])c(O)c1. The van der Waals surface area contributed by atoms with E-state index in [2.05, 4.69) is 0 Å². The van der Waals surface area contributed by atoms with Crippen LogP contribution in [0.5, 0.6) is 5.75 Å². The lowest BCUT2D eigenvalue weighted by Crippen LogP contribution is -2.28. The van der Waals surface area contributed by atoms with Crippen LogP contribution in [0, 0.1) is 10.1 Å². The van der Waals surface area contributed by atoms with Gasteiger partial charge in [0.05, 0.1) is 4.92 Å². The number of hydrogen-bond acceptors (Lipinski definition) is 5. The number of likely N-dealkylation sites (N-methyl/N-ethyl adjacent to an activating group) is 1. The molecule has 2 aromatic rings. The first-order valence-corrected chi connectivity index (χ1v) is 7.12. The highest BCUT2D eigenvalue weighted by Gasteiger charge is 2.18. The normalized spacial score (nSPS) is 10.3. The van der Waals surface area contributed by atoms with Crippen LogP contribution in [0.15, 0.2) is 35.7 Å². The Hall–Kier alpha value is -2.41. The molecular weight excluding hydrogens is 292 g/mol. The molecule has 1 heterocycles. The zero-order valence-electron chi connectivity index (χ0n) is 11.4. The number of aromatic hydroxyl groups is 1. The molecule has 0 fully saturated rings. The average molecular weight is 306 g/mol. The van der Waals surface area contributed by atoms with Gasteiger partial charge in [-0.05, 0) is 30.0 Å². The van der Waals surface area contributed by atoms with Gasteiger partial charge >= 0.3 is 5.69 Å². The van der Waals surface area contributed by atoms with Gasteiger partial charge in [-0.15, -0.1) is 11.3 Å². The van der Waals surface area contributed by atoms with E-state index in [-0.39, 0.29) is 11.5 Å². The van der Waals surface area contributed by atoms with Gasteiger partial charge in [0.1, 0.15) is 0 Å². The highest BCUT2D eigenvalue weighted by atomic mass is 32.1. The van der Waals surface area contributed by atoms with Crippen LogP contribution in [0.2, 0.25) is 0 Å². The van der Waals surface area contributed by atoms with Crippen molar-refractivity contribution in [3.63, 3.8) is 0 Å². The first kappa shape index (κ1) is 15.0. The molecule has 0 atom stereocenters. The number of hydrogen-bond donors (Lipinski definition) is 1. The molecule has 0 bridgehead atoms. The number of thiophene rings is 1. The molecule has 0 aliphatic carbocycles. The monoisotopic (exact) mass is 306 g/mol. The fourth-order valence-electron chi connectivity index (χ4n) is 1.87. The summed E-state index contributed by atoms with van der Waals surface area (Å²) in [5, 5.41) is 22.2. The van der Waals surface area contributed by atoms with Gasteiger partial charge in [-0.25, -0.2) is 0 Å². The molecule has 0 saturated heterocycles. The second-order valence-electron chi connectivity index (χ2n) is 4.52. The Bertz CT molecular complexity index is 655. The van der Waals surface area contributed by atoms with Crippen molar-refractivity contribution in [3.05, 3.63) is 56.3 Å². The Morgan fingerprint density at radius 1 is 1.43 bits per heavy atom. The second-order valence-corrected chi connectivity index (χ2v) is 5.55. The molecule has 110 valence electrons. The third-order valence-corrected chi connectivity index (χ3v) is 3.98. The van der Waals surface area contributed by atoms with Gasteiger partial charge in [-0.1, -0.05) is 6.07 Å². The minimum atomic E-state index is -0.690. The zero-order valence-corrected chi connectivity index (χ0v) is 12.2. The van der Waals surface area contributed by atoms with Crippen molar-refractivity contribution in [2.75, 3.05) is 13.6 Å². The number of amides is 1. The van der Waals surface area contributed by atoms with Crippen molar-refractivity contribution in [2.45, 2.75) is 6.42 Å². The van der Waals surface area contributed by atoms with Crippen molar-refractivity contribution in [1.29, 1.82) is 0 Å². The third kappa shape index (κ3) is 3.57. The van der Waals surface area contributed by atoms with Gasteiger partial charge in [0.15, 0.2) is 5.75 Å². The van der Waals surface area contributed by atoms with Crippen molar-refractivity contribution in [2.24, 2.45) is 0 Å². The van der Waals surface area contributed by atoms with Crippen LogP contribution in [-0.4, -0.2) is 34.4 Å². The summed E-state index contributed by atoms with van der Waals surface area (Å²) in [6.07, 6.45) is 0.749. The van der Waals surface area contributed by atoms with E-state index in [1.165, 1.54) is 15.8 Å². The number of rotatable bonds is 5. The Labute approximate surface area is 125 Å². The van der Waals surface area contributed by atoms with Crippen LogP contribution < -0.4 is 0 Å². The van der Waals surface area contributed by atoms with Gasteiger partial charge in [0.2, 0.25) is 0 Å². The molecule has 6 nitrogen and oxygen atoms in total. The minimum absolute atomic E-state index is 0.228. The number of nitro groups is 1. The maximum Gasteiger partial charge on any atom is 0.310 e. The lowest BCUT2D eigenvalue weighted by molar-refractivity contribution is -0.385. The smallest absolute Gasteiger partial charge is 0.310 e. The summed E-state index contributed by atoms with van der Waals surface area (Å²) in [6, 6.07) is 7.57. The van der Waals surface area contributed by atoms with Crippen molar-refractivity contribution in [1.82, 2.24) is 4.90 Å². The lowest BCUT2D eigenvalue weighted by Gasteiger charge is -2.16. The van der Waals surface area contributed by atoms with Gasteiger partial charge < -0.3 is 10.0 Å². The topological polar surface area (TPSA) is 83.7 Å². The second kappa shape index (κ2) is 6.36. The molecule has 7 heteroatoms. The molecule has 1 aromatic heterocycles. The summed E-state index contributed by atoms with van der Waals surface area (Å²) in [4.78, 5) is 24.8. The fourth-order valence-corrected chi connectivity index (χ4v) is 2.56. The number of phenolic OH excluding ortho intramolecular Hbond substituents is 1. The summed E-state index contributed by atoms with van der Waals surface area (Å²) in [7, 11) is 1.66. The van der Waals surface area contributed by atoms with Gasteiger partial charge in [0, 0.05) is 30.1 Å². The van der Waals surface area contributed by atoms with Crippen molar-refractivity contribution in [3.8, 4) is 5.75 Å². The number of phenols is 1. The average Bonchev–Trinajstić information content (AvgIpc) is 2.96. The molecular formula is C14H14N2O4S. The molecule has 0 spiro atoms. The number of carbonyl (C=O) groups is 1. The molecule has 0 aliphatic heterocycles. The predicted molar refractivity (Wildman–Crippen MR) is 79.7 cm³/mol. The van der Waals surface area contributed by atoms with Crippen LogP contribution in [-0.2, 0) is 6.42 Å². The number of nitro benzene ring substituents is 1. The standard InChI is InChI=1S/C14H14N2O4S/c1-15(7-6-11-3-2-8-21-11)14(18)10-4-5-12(16(19)20)13(17)9-10/h2-5,8-9,17H,6-7H2,1H3. The Kier molecular flexibility index (Phi) is 4.54. The predicted octanol–water partition coefficient (Wildman–Crippen LogP) is 2.68. The van der Waals surface area contributed by atoms with E-state index in [4.69, 9.17) is 0 Å².